The molecule has 6 rings (SSSR count). The summed E-state index contributed by atoms with van der Waals surface area (Å²) in [5, 5.41) is 7.61. The van der Waals surface area contributed by atoms with Crippen molar-refractivity contribution in [3.8, 4) is 0 Å². The molecule has 0 aromatic heterocycles. The third kappa shape index (κ3) is 8.80. The zero-order chi connectivity index (χ0) is 19.2. The van der Waals surface area contributed by atoms with Gasteiger partial charge in [0.1, 0.15) is 0 Å². The van der Waals surface area contributed by atoms with Crippen molar-refractivity contribution >= 4 is 37.2 Å². The second-order valence-corrected chi connectivity index (χ2v) is 10.9. The van der Waals surface area contributed by atoms with Crippen molar-refractivity contribution in [2.75, 3.05) is 26.2 Å². The molecule has 6 fully saturated rings. The van der Waals surface area contributed by atoms with E-state index in [1.165, 1.54) is 25.8 Å². The first-order chi connectivity index (χ1) is 13.8. The normalized spacial score (nSPS) is 34.4. The SMILES string of the molecule is Cl.Cl.Cl.NCCCNCCCNC(CC1CC2CCC1CC2)CC1CC2CCC1CC2. The van der Waals surface area contributed by atoms with Crippen molar-refractivity contribution in [2.45, 2.75) is 95.9 Å². The van der Waals surface area contributed by atoms with Gasteiger partial charge in [-0.05, 0) is 126 Å². The van der Waals surface area contributed by atoms with Crippen LogP contribution < -0.4 is 16.4 Å². The van der Waals surface area contributed by atoms with Crippen molar-refractivity contribution < 1.29 is 0 Å². The molecule has 0 aromatic rings. The Morgan fingerprint density at radius 3 is 1.55 bits per heavy atom. The van der Waals surface area contributed by atoms with Crippen molar-refractivity contribution in [3.05, 3.63) is 0 Å². The maximum absolute atomic E-state index is 5.59. The molecular weight excluding hydrogens is 449 g/mol. The lowest BCUT2D eigenvalue weighted by atomic mass is 9.61. The van der Waals surface area contributed by atoms with E-state index in [0.29, 0.717) is 0 Å². The fourth-order valence-corrected chi connectivity index (χ4v) is 7.47. The summed E-state index contributed by atoms with van der Waals surface area (Å²) in [5.41, 5.74) is 5.59. The van der Waals surface area contributed by atoms with Crippen LogP contribution >= 0.6 is 37.2 Å². The quantitative estimate of drug-likeness (QED) is 0.290. The zero-order valence-electron chi connectivity index (χ0n) is 19.6. The number of rotatable bonds is 12. The van der Waals surface area contributed by atoms with Gasteiger partial charge in [-0.15, -0.1) is 37.2 Å². The van der Waals surface area contributed by atoms with Crippen molar-refractivity contribution in [2.24, 2.45) is 41.2 Å². The molecule has 6 aliphatic carbocycles. The number of hydrogen-bond donors (Lipinski definition) is 3. The van der Waals surface area contributed by atoms with E-state index in [0.717, 1.165) is 67.6 Å². The van der Waals surface area contributed by atoms with Gasteiger partial charge in [0.05, 0.1) is 0 Å². The maximum Gasteiger partial charge on any atom is 0.00725 e. The van der Waals surface area contributed by atoms with Gasteiger partial charge in [-0.1, -0.05) is 25.7 Å². The van der Waals surface area contributed by atoms with E-state index in [4.69, 9.17) is 5.73 Å². The Kier molecular flexibility index (Phi) is 15.0. The van der Waals surface area contributed by atoms with Crippen LogP contribution in [0.15, 0.2) is 0 Å². The summed E-state index contributed by atoms with van der Waals surface area (Å²) in [6.07, 6.45) is 20.8. The standard InChI is InChI=1S/C25H47N3.3ClH/c26-11-1-12-27-13-2-14-28-25(17-23-15-19-3-7-21(23)8-4-19)18-24-16-20-5-9-22(24)10-6-20;;;/h19-25,27-28H,1-18,26H2;3*1H. The van der Waals surface area contributed by atoms with Crippen LogP contribution in [-0.4, -0.2) is 32.2 Å². The summed E-state index contributed by atoms with van der Waals surface area (Å²) >= 11 is 0. The first-order valence-corrected chi connectivity index (χ1v) is 13.0. The van der Waals surface area contributed by atoms with E-state index < -0.39 is 0 Å². The largest absolute Gasteiger partial charge is 0.330 e. The fraction of sp³-hybridized carbons (Fsp3) is 1.00. The van der Waals surface area contributed by atoms with Gasteiger partial charge < -0.3 is 16.4 Å². The summed E-state index contributed by atoms with van der Waals surface area (Å²) < 4.78 is 0. The number of hydrogen-bond acceptors (Lipinski definition) is 3. The first-order valence-electron chi connectivity index (χ1n) is 13.0. The molecule has 2 unspecified atom stereocenters. The lowest BCUT2D eigenvalue weighted by Crippen LogP contribution is -2.42. The lowest BCUT2D eigenvalue weighted by molar-refractivity contribution is 0.0615. The molecule has 186 valence electrons. The molecule has 0 aliphatic heterocycles. The molecular formula is C25H50Cl3N3. The monoisotopic (exact) mass is 497 g/mol. The molecule has 2 atom stereocenters. The molecule has 31 heavy (non-hydrogen) atoms. The van der Waals surface area contributed by atoms with E-state index in [2.05, 4.69) is 10.6 Å². The van der Waals surface area contributed by atoms with Crippen molar-refractivity contribution in [1.82, 2.24) is 10.6 Å². The summed E-state index contributed by atoms with van der Waals surface area (Å²) in [4.78, 5) is 0. The molecule has 0 heterocycles. The van der Waals surface area contributed by atoms with Gasteiger partial charge in [0.2, 0.25) is 0 Å². The molecule has 6 aliphatic rings. The van der Waals surface area contributed by atoms with Gasteiger partial charge >= 0.3 is 0 Å². The van der Waals surface area contributed by atoms with E-state index >= 15 is 0 Å². The number of nitrogens with two attached hydrogens (primary N) is 1. The molecule has 6 saturated carbocycles. The Balaban J connectivity index is 0.00000160. The molecule has 6 heteroatoms. The molecule has 0 aromatic carbocycles. The van der Waals surface area contributed by atoms with Gasteiger partial charge in [-0.2, -0.15) is 0 Å². The van der Waals surface area contributed by atoms with Crippen LogP contribution in [0.2, 0.25) is 0 Å². The predicted molar refractivity (Wildman–Crippen MR) is 141 cm³/mol. The number of fused-ring (bicyclic) bond motifs is 6. The highest BCUT2D eigenvalue weighted by molar-refractivity contribution is 5.86. The highest BCUT2D eigenvalue weighted by Crippen LogP contribution is 2.49. The summed E-state index contributed by atoms with van der Waals surface area (Å²) in [5.74, 6) is 6.35. The van der Waals surface area contributed by atoms with Crippen molar-refractivity contribution in [1.29, 1.82) is 0 Å². The smallest absolute Gasteiger partial charge is 0.00725 e. The Bertz CT molecular complexity index is 419. The summed E-state index contributed by atoms with van der Waals surface area (Å²) in [7, 11) is 0. The molecule has 0 radical (unpaired) electrons. The van der Waals surface area contributed by atoms with Gasteiger partial charge in [-0.3, -0.25) is 0 Å². The minimum Gasteiger partial charge on any atom is -0.330 e. The van der Waals surface area contributed by atoms with Crippen LogP contribution in [0, 0.1) is 35.5 Å². The zero-order valence-corrected chi connectivity index (χ0v) is 22.0. The van der Waals surface area contributed by atoms with Crippen LogP contribution in [0.1, 0.15) is 89.9 Å². The Labute approximate surface area is 210 Å². The first kappa shape index (κ1) is 29.8. The summed E-state index contributed by atoms with van der Waals surface area (Å²) in [6.45, 7) is 4.22. The second kappa shape index (κ2) is 15.6. The lowest BCUT2D eigenvalue weighted by Gasteiger charge is -2.46. The van der Waals surface area contributed by atoms with Gasteiger partial charge in [0.25, 0.3) is 0 Å². The maximum atomic E-state index is 5.59. The van der Waals surface area contributed by atoms with Crippen LogP contribution in [0.25, 0.3) is 0 Å². The minimum atomic E-state index is 0. The van der Waals surface area contributed by atoms with Gasteiger partial charge in [-0.25, -0.2) is 0 Å². The van der Waals surface area contributed by atoms with Crippen LogP contribution in [0.3, 0.4) is 0 Å². The molecule has 0 spiro atoms. The average molecular weight is 499 g/mol. The van der Waals surface area contributed by atoms with Gasteiger partial charge in [0.15, 0.2) is 0 Å². The van der Waals surface area contributed by atoms with Crippen LogP contribution in [0.4, 0.5) is 0 Å². The minimum absolute atomic E-state index is 0. The van der Waals surface area contributed by atoms with E-state index in [-0.39, 0.29) is 37.2 Å². The van der Waals surface area contributed by atoms with E-state index in [9.17, 15) is 0 Å². The van der Waals surface area contributed by atoms with Crippen LogP contribution in [0.5, 0.6) is 0 Å². The molecule has 0 saturated heterocycles. The molecule has 4 bridgehead atoms. The number of halogens is 3. The van der Waals surface area contributed by atoms with E-state index in [1.807, 2.05) is 0 Å². The second-order valence-electron chi connectivity index (χ2n) is 10.9. The topological polar surface area (TPSA) is 50.1 Å². The fourth-order valence-electron chi connectivity index (χ4n) is 7.47. The Hall–Kier alpha value is 0.750. The highest BCUT2D eigenvalue weighted by atomic mass is 35.5. The van der Waals surface area contributed by atoms with Crippen molar-refractivity contribution in [3.63, 3.8) is 0 Å². The highest BCUT2D eigenvalue weighted by Gasteiger charge is 2.39. The predicted octanol–water partition coefficient (Wildman–Crippen LogP) is 5.97. The molecule has 3 nitrogen and oxygen atoms in total. The third-order valence-electron chi connectivity index (χ3n) is 9.08. The average Bonchev–Trinajstić information content (AvgIpc) is 2.75. The van der Waals surface area contributed by atoms with Crippen LogP contribution in [-0.2, 0) is 0 Å². The molecule has 0 amide bonds. The summed E-state index contributed by atoms with van der Waals surface area (Å²) in [6, 6.07) is 0.790. The Morgan fingerprint density at radius 1 is 0.645 bits per heavy atom. The number of nitrogens with one attached hydrogen (secondary N) is 2. The third-order valence-corrected chi connectivity index (χ3v) is 9.08. The molecule has 4 N–H and O–H groups in total. The van der Waals surface area contributed by atoms with Gasteiger partial charge in [0, 0.05) is 6.04 Å². The van der Waals surface area contributed by atoms with E-state index in [1.54, 1.807) is 64.2 Å². The Morgan fingerprint density at radius 2 is 1.13 bits per heavy atom.